The monoisotopic (exact) mass is 270 g/mol. The third-order valence-corrected chi connectivity index (χ3v) is 4.17. The lowest BCUT2D eigenvalue weighted by atomic mass is 10.2. The van der Waals surface area contributed by atoms with Crippen LogP contribution >= 0.6 is 11.8 Å². The molecule has 0 saturated carbocycles. The third kappa shape index (κ3) is 7.16. The number of halogens is 3. The van der Waals surface area contributed by atoms with Crippen molar-refractivity contribution in [3.05, 3.63) is 0 Å². The quantitative estimate of drug-likeness (QED) is 0.772. The van der Waals surface area contributed by atoms with Crippen LogP contribution in [0.4, 0.5) is 13.2 Å². The molecule has 6 heteroatoms. The first-order chi connectivity index (χ1) is 8.01. The molecule has 0 aliphatic carbocycles. The lowest BCUT2D eigenvalue weighted by Crippen LogP contribution is -2.36. The molecule has 1 aliphatic rings. The molecule has 1 heterocycles. The van der Waals surface area contributed by atoms with E-state index in [-0.39, 0.29) is 0 Å². The van der Waals surface area contributed by atoms with Crippen LogP contribution in [0.2, 0.25) is 0 Å². The van der Waals surface area contributed by atoms with Gasteiger partial charge in [0.05, 0.1) is 6.54 Å². The summed E-state index contributed by atoms with van der Waals surface area (Å²) in [5.41, 5.74) is 0. The van der Waals surface area contributed by atoms with E-state index in [1.807, 2.05) is 11.8 Å². The lowest BCUT2D eigenvalue weighted by molar-refractivity contribution is -0.124. The minimum Gasteiger partial charge on any atom is -0.307 e. The first-order valence-electron chi connectivity index (χ1n) is 6.04. The van der Waals surface area contributed by atoms with Crippen molar-refractivity contribution in [1.29, 1.82) is 0 Å². The van der Waals surface area contributed by atoms with Crippen LogP contribution in [0.1, 0.15) is 19.3 Å². The van der Waals surface area contributed by atoms with Crippen molar-refractivity contribution < 1.29 is 13.2 Å². The molecule has 1 unspecified atom stereocenters. The van der Waals surface area contributed by atoms with E-state index in [0.29, 0.717) is 6.54 Å². The Morgan fingerprint density at radius 1 is 1.29 bits per heavy atom. The molecule has 0 aromatic heterocycles. The van der Waals surface area contributed by atoms with Crippen molar-refractivity contribution in [2.45, 2.75) is 30.7 Å². The minimum atomic E-state index is -4.09. The summed E-state index contributed by atoms with van der Waals surface area (Å²) in [6.45, 7) is 2.29. The Kier molecular flexibility index (Phi) is 6.66. The lowest BCUT2D eigenvalue weighted by Gasteiger charge is -2.20. The molecule has 1 rings (SSSR count). The zero-order valence-electron chi connectivity index (χ0n) is 10.2. The number of alkyl halides is 3. The first kappa shape index (κ1) is 15.1. The minimum absolute atomic E-state index is 0.420. The number of hydrogen-bond acceptors (Lipinski definition) is 3. The van der Waals surface area contributed by atoms with Crippen molar-refractivity contribution in [1.82, 2.24) is 10.2 Å². The van der Waals surface area contributed by atoms with E-state index in [9.17, 15) is 13.2 Å². The van der Waals surface area contributed by atoms with Crippen LogP contribution in [0.15, 0.2) is 0 Å². The second-order valence-corrected chi connectivity index (χ2v) is 5.56. The Morgan fingerprint density at radius 3 is 2.71 bits per heavy atom. The highest BCUT2D eigenvalue weighted by molar-refractivity contribution is 7.99. The van der Waals surface area contributed by atoms with Gasteiger partial charge in [0.15, 0.2) is 0 Å². The molecule has 1 atom stereocenters. The largest absolute Gasteiger partial charge is 0.401 e. The molecule has 0 aromatic carbocycles. The number of nitrogens with one attached hydrogen (secondary N) is 1. The van der Waals surface area contributed by atoms with Gasteiger partial charge in [0.25, 0.3) is 0 Å². The van der Waals surface area contributed by atoms with E-state index < -0.39 is 12.7 Å². The smallest absolute Gasteiger partial charge is 0.307 e. The van der Waals surface area contributed by atoms with Gasteiger partial charge < -0.3 is 10.2 Å². The zero-order valence-corrected chi connectivity index (χ0v) is 11.0. The van der Waals surface area contributed by atoms with Crippen molar-refractivity contribution in [2.24, 2.45) is 0 Å². The summed E-state index contributed by atoms with van der Waals surface area (Å²) in [6, 6.07) is 0. The summed E-state index contributed by atoms with van der Waals surface area (Å²) < 4.78 is 35.7. The molecule has 1 N–H and O–H groups in total. The molecule has 0 aromatic rings. The first-order valence-corrected chi connectivity index (χ1v) is 7.32. The fourth-order valence-electron chi connectivity index (χ4n) is 2.05. The Labute approximate surface area is 105 Å². The molecule has 0 amide bonds. The molecule has 1 saturated heterocycles. The number of rotatable bonds is 5. The number of thioether (sulfide) groups is 1. The van der Waals surface area contributed by atoms with Crippen LogP contribution in [0, 0.1) is 0 Å². The molecule has 1 aliphatic heterocycles. The van der Waals surface area contributed by atoms with Crippen molar-refractivity contribution in [3.63, 3.8) is 0 Å². The standard InChI is InChI=1S/C11H21F3N2S/c1-17-10-3-2-6-16(7-4-10)8-5-15-9-11(12,13)14/h10,15H,2-9H2,1H3. The van der Waals surface area contributed by atoms with Crippen LogP contribution in [-0.2, 0) is 0 Å². The summed E-state index contributed by atoms with van der Waals surface area (Å²) in [4.78, 5) is 2.26. The third-order valence-electron chi connectivity index (χ3n) is 3.03. The van der Waals surface area contributed by atoms with Crippen LogP contribution < -0.4 is 5.32 Å². The van der Waals surface area contributed by atoms with Crippen LogP contribution in [-0.4, -0.2) is 55.3 Å². The SMILES string of the molecule is CSC1CCCN(CCNCC(F)(F)F)CC1. The molecule has 1 fully saturated rings. The fraction of sp³-hybridized carbons (Fsp3) is 1.00. The Morgan fingerprint density at radius 2 is 2.06 bits per heavy atom. The second-order valence-electron chi connectivity index (χ2n) is 4.42. The second kappa shape index (κ2) is 7.48. The predicted molar refractivity (Wildman–Crippen MR) is 66.5 cm³/mol. The van der Waals surface area contributed by atoms with Crippen LogP contribution in [0.25, 0.3) is 0 Å². The van der Waals surface area contributed by atoms with Crippen LogP contribution in [0.3, 0.4) is 0 Å². The van der Waals surface area contributed by atoms with Crippen LogP contribution in [0.5, 0.6) is 0 Å². The van der Waals surface area contributed by atoms with Crippen molar-refractivity contribution in [3.8, 4) is 0 Å². The van der Waals surface area contributed by atoms with Crippen molar-refractivity contribution >= 4 is 11.8 Å². The van der Waals surface area contributed by atoms with Gasteiger partial charge in [-0.1, -0.05) is 0 Å². The van der Waals surface area contributed by atoms with E-state index in [4.69, 9.17) is 0 Å². The molecule has 17 heavy (non-hydrogen) atoms. The van der Waals surface area contributed by atoms with E-state index in [2.05, 4.69) is 16.5 Å². The van der Waals surface area contributed by atoms with E-state index in [1.165, 1.54) is 6.42 Å². The van der Waals surface area contributed by atoms with Gasteiger partial charge >= 0.3 is 6.18 Å². The average Bonchev–Trinajstić information content (AvgIpc) is 2.48. The van der Waals surface area contributed by atoms with Gasteiger partial charge in [-0.05, 0) is 38.6 Å². The van der Waals surface area contributed by atoms with E-state index >= 15 is 0 Å². The highest BCUT2D eigenvalue weighted by Gasteiger charge is 2.26. The summed E-state index contributed by atoms with van der Waals surface area (Å²) in [6.07, 6.45) is 1.58. The van der Waals surface area contributed by atoms with Gasteiger partial charge in [-0.3, -0.25) is 0 Å². The van der Waals surface area contributed by atoms with Gasteiger partial charge in [0.2, 0.25) is 0 Å². The molecular formula is C11H21F3N2S. The highest BCUT2D eigenvalue weighted by atomic mass is 32.2. The number of likely N-dealkylation sites (tertiary alicyclic amines) is 1. The van der Waals surface area contributed by atoms with E-state index in [0.717, 1.165) is 37.7 Å². The maximum Gasteiger partial charge on any atom is 0.401 e. The summed E-state index contributed by atoms with van der Waals surface area (Å²) in [5, 5.41) is 3.17. The van der Waals surface area contributed by atoms with Gasteiger partial charge in [0.1, 0.15) is 0 Å². The molecule has 0 bridgehead atoms. The normalized spacial score (nSPS) is 23.6. The Hall–Kier alpha value is 0.0600. The summed E-state index contributed by atoms with van der Waals surface area (Å²) >= 11 is 1.90. The molecule has 2 nitrogen and oxygen atoms in total. The molecule has 0 radical (unpaired) electrons. The zero-order chi connectivity index (χ0) is 12.7. The van der Waals surface area contributed by atoms with Gasteiger partial charge in [0, 0.05) is 18.3 Å². The summed E-state index contributed by atoms with van der Waals surface area (Å²) in [5.74, 6) is 0. The summed E-state index contributed by atoms with van der Waals surface area (Å²) in [7, 11) is 0. The molecular weight excluding hydrogens is 249 g/mol. The maximum absolute atomic E-state index is 11.9. The predicted octanol–water partition coefficient (Wildman–Crippen LogP) is 2.36. The van der Waals surface area contributed by atoms with Gasteiger partial charge in [-0.25, -0.2) is 0 Å². The fourth-order valence-corrected chi connectivity index (χ4v) is 2.80. The van der Waals surface area contributed by atoms with Gasteiger partial charge in [-0.15, -0.1) is 0 Å². The number of nitrogens with zero attached hydrogens (tertiary/aromatic N) is 1. The van der Waals surface area contributed by atoms with Crippen molar-refractivity contribution in [2.75, 3.05) is 39.0 Å². The molecule has 102 valence electrons. The average molecular weight is 270 g/mol. The maximum atomic E-state index is 11.9. The highest BCUT2D eigenvalue weighted by Crippen LogP contribution is 2.20. The van der Waals surface area contributed by atoms with Gasteiger partial charge in [-0.2, -0.15) is 24.9 Å². The molecule has 0 spiro atoms. The Balaban J connectivity index is 2.11. The van der Waals surface area contributed by atoms with E-state index in [1.54, 1.807) is 0 Å². The Bertz CT molecular complexity index is 211. The number of hydrogen-bond donors (Lipinski definition) is 1. The topological polar surface area (TPSA) is 15.3 Å².